The lowest BCUT2D eigenvalue weighted by molar-refractivity contribution is -0.119. The van der Waals surface area contributed by atoms with Crippen LogP contribution in [0.15, 0.2) is 54.6 Å². The summed E-state index contributed by atoms with van der Waals surface area (Å²) in [6, 6.07) is 18.0. The second kappa shape index (κ2) is 8.07. The molecule has 0 saturated heterocycles. The minimum absolute atomic E-state index is 0.0340. The van der Waals surface area contributed by atoms with Gasteiger partial charge in [-0.15, -0.1) is 0 Å². The Bertz CT molecular complexity index is 553. The number of hydrogen-bond acceptors (Lipinski definition) is 3. The summed E-state index contributed by atoms with van der Waals surface area (Å²) in [6.07, 6.45) is 0.782. The molecule has 0 aliphatic rings. The molecule has 0 aliphatic carbocycles. The lowest BCUT2D eigenvalue weighted by atomic mass is 10.1. The molecular formula is C17H20N2O2. The molecule has 0 heterocycles. The van der Waals surface area contributed by atoms with Crippen molar-refractivity contribution in [2.75, 3.05) is 13.1 Å². The Labute approximate surface area is 124 Å². The van der Waals surface area contributed by atoms with Crippen LogP contribution in [0.25, 0.3) is 0 Å². The van der Waals surface area contributed by atoms with Crippen molar-refractivity contribution in [2.24, 2.45) is 5.73 Å². The average molecular weight is 284 g/mol. The number of ether oxygens (including phenoxy) is 1. The van der Waals surface area contributed by atoms with E-state index in [2.05, 4.69) is 5.32 Å². The summed E-state index contributed by atoms with van der Waals surface area (Å²) in [5.74, 6) is 0.714. The molecule has 1 amide bonds. The molecule has 0 bridgehead atoms. The number of benzene rings is 2. The maximum absolute atomic E-state index is 11.0. The summed E-state index contributed by atoms with van der Waals surface area (Å²) in [6.45, 7) is 1.19. The highest BCUT2D eigenvalue weighted by Crippen LogP contribution is 2.14. The molecule has 2 aromatic rings. The topological polar surface area (TPSA) is 64.4 Å². The van der Waals surface area contributed by atoms with Crippen molar-refractivity contribution in [2.45, 2.75) is 13.0 Å². The van der Waals surface area contributed by atoms with Gasteiger partial charge in [0.15, 0.2) is 0 Å². The zero-order valence-corrected chi connectivity index (χ0v) is 11.9. The van der Waals surface area contributed by atoms with E-state index in [0.29, 0.717) is 13.2 Å². The third kappa shape index (κ3) is 5.28. The minimum Gasteiger partial charge on any atom is -0.489 e. The maximum atomic E-state index is 11.0. The zero-order valence-electron chi connectivity index (χ0n) is 11.9. The first kappa shape index (κ1) is 15.1. The molecule has 21 heavy (non-hydrogen) atoms. The van der Waals surface area contributed by atoms with Crippen LogP contribution >= 0.6 is 0 Å². The standard InChI is InChI=1S/C17H20N2O2/c18-12-17(20)19-11-10-14-6-8-16(9-7-14)21-13-15-4-2-1-3-5-15/h1-9H,10-13,18H2,(H,19,20). The van der Waals surface area contributed by atoms with Gasteiger partial charge in [-0.3, -0.25) is 4.79 Å². The first-order valence-electron chi connectivity index (χ1n) is 7.00. The van der Waals surface area contributed by atoms with E-state index in [0.717, 1.165) is 23.3 Å². The first-order valence-corrected chi connectivity index (χ1v) is 7.00. The molecule has 2 rings (SSSR count). The van der Waals surface area contributed by atoms with Gasteiger partial charge in [-0.1, -0.05) is 42.5 Å². The second-order valence-electron chi connectivity index (χ2n) is 4.72. The number of carbonyl (C=O) groups is 1. The van der Waals surface area contributed by atoms with Crippen LogP contribution in [-0.2, 0) is 17.8 Å². The molecule has 0 atom stereocenters. The Morgan fingerprint density at radius 2 is 1.71 bits per heavy atom. The molecule has 0 aromatic heterocycles. The van der Waals surface area contributed by atoms with Gasteiger partial charge in [0.2, 0.25) is 5.91 Å². The fraction of sp³-hybridized carbons (Fsp3) is 0.235. The van der Waals surface area contributed by atoms with E-state index in [1.54, 1.807) is 0 Å². The van der Waals surface area contributed by atoms with Gasteiger partial charge in [-0.25, -0.2) is 0 Å². The highest BCUT2D eigenvalue weighted by atomic mass is 16.5. The predicted molar refractivity (Wildman–Crippen MR) is 83.0 cm³/mol. The van der Waals surface area contributed by atoms with Crippen LogP contribution in [0.5, 0.6) is 5.75 Å². The van der Waals surface area contributed by atoms with Gasteiger partial charge in [-0.05, 0) is 29.7 Å². The fourth-order valence-corrected chi connectivity index (χ4v) is 1.91. The number of rotatable bonds is 7. The largest absolute Gasteiger partial charge is 0.489 e. The Hall–Kier alpha value is -2.33. The van der Waals surface area contributed by atoms with Crippen molar-refractivity contribution in [3.05, 3.63) is 65.7 Å². The third-order valence-corrected chi connectivity index (χ3v) is 3.09. The summed E-state index contributed by atoms with van der Waals surface area (Å²) in [7, 11) is 0. The van der Waals surface area contributed by atoms with E-state index < -0.39 is 0 Å². The van der Waals surface area contributed by atoms with Gasteiger partial charge in [0.05, 0.1) is 6.54 Å². The van der Waals surface area contributed by atoms with E-state index in [1.807, 2.05) is 54.6 Å². The van der Waals surface area contributed by atoms with E-state index >= 15 is 0 Å². The van der Waals surface area contributed by atoms with Gasteiger partial charge in [-0.2, -0.15) is 0 Å². The molecule has 0 fully saturated rings. The SMILES string of the molecule is NCC(=O)NCCc1ccc(OCc2ccccc2)cc1. The monoisotopic (exact) mass is 284 g/mol. The highest BCUT2D eigenvalue weighted by Gasteiger charge is 1.99. The van der Waals surface area contributed by atoms with Crippen molar-refractivity contribution in [3.63, 3.8) is 0 Å². The van der Waals surface area contributed by atoms with Crippen molar-refractivity contribution >= 4 is 5.91 Å². The summed E-state index contributed by atoms with van der Waals surface area (Å²) in [5, 5.41) is 2.75. The van der Waals surface area contributed by atoms with Gasteiger partial charge in [0.1, 0.15) is 12.4 Å². The Balaban J connectivity index is 1.78. The van der Waals surface area contributed by atoms with Gasteiger partial charge < -0.3 is 15.8 Å². The summed E-state index contributed by atoms with van der Waals surface area (Å²) < 4.78 is 5.72. The molecule has 0 aliphatic heterocycles. The van der Waals surface area contributed by atoms with Crippen molar-refractivity contribution in [1.29, 1.82) is 0 Å². The maximum Gasteiger partial charge on any atom is 0.233 e. The van der Waals surface area contributed by atoms with Gasteiger partial charge in [0, 0.05) is 6.54 Å². The number of amides is 1. The molecule has 0 spiro atoms. The highest BCUT2D eigenvalue weighted by molar-refractivity contribution is 5.77. The van der Waals surface area contributed by atoms with Crippen LogP contribution in [0.2, 0.25) is 0 Å². The smallest absolute Gasteiger partial charge is 0.233 e. The molecule has 110 valence electrons. The van der Waals surface area contributed by atoms with E-state index in [-0.39, 0.29) is 12.5 Å². The van der Waals surface area contributed by atoms with Crippen molar-refractivity contribution in [1.82, 2.24) is 5.32 Å². The molecule has 0 saturated carbocycles. The molecule has 0 unspecified atom stereocenters. The molecule has 0 radical (unpaired) electrons. The van der Waals surface area contributed by atoms with Crippen LogP contribution in [-0.4, -0.2) is 19.0 Å². The number of nitrogens with two attached hydrogens (primary N) is 1. The molecule has 4 heteroatoms. The van der Waals surface area contributed by atoms with Crippen LogP contribution in [0.1, 0.15) is 11.1 Å². The quantitative estimate of drug-likeness (QED) is 0.816. The van der Waals surface area contributed by atoms with Crippen LogP contribution < -0.4 is 15.8 Å². The number of carbonyl (C=O) groups excluding carboxylic acids is 1. The lowest BCUT2D eigenvalue weighted by Crippen LogP contribution is -2.31. The minimum atomic E-state index is -0.127. The zero-order chi connectivity index (χ0) is 14.9. The van der Waals surface area contributed by atoms with E-state index in [4.69, 9.17) is 10.5 Å². The van der Waals surface area contributed by atoms with Crippen molar-refractivity contribution < 1.29 is 9.53 Å². The summed E-state index contributed by atoms with van der Waals surface area (Å²) >= 11 is 0. The van der Waals surface area contributed by atoms with Crippen molar-refractivity contribution in [3.8, 4) is 5.75 Å². The number of nitrogens with one attached hydrogen (secondary N) is 1. The summed E-state index contributed by atoms with van der Waals surface area (Å²) in [5.41, 5.74) is 7.52. The molecule has 2 aromatic carbocycles. The van der Waals surface area contributed by atoms with Crippen LogP contribution in [0.3, 0.4) is 0 Å². The molecule has 4 nitrogen and oxygen atoms in total. The average Bonchev–Trinajstić information content (AvgIpc) is 2.55. The van der Waals surface area contributed by atoms with E-state index in [1.165, 1.54) is 0 Å². The third-order valence-electron chi connectivity index (χ3n) is 3.09. The van der Waals surface area contributed by atoms with Gasteiger partial charge >= 0.3 is 0 Å². The normalized spacial score (nSPS) is 10.1. The lowest BCUT2D eigenvalue weighted by Gasteiger charge is -2.08. The first-order chi connectivity index (χ1) is 10.3. The Kier molecular flexibility index (Phi) is 5.79. The second-order valence-corrected chi connectivity index (χ2v) is 4.72. The fourth-order valence-electron chi connectivity index (χ4n) is 1.91. The Morgan fingerprint density at radius 1 is 1.00 bits per heavy atom. The summed E-state index contributed by atoms with van der Waals surface area (Å²) in [4.78, 5) is 11.0. The van der Waals surface area contributed by atoms with Crippen LogP contribution in [0, 0.1) is 0 Å². The predicted octanol–water partition coefficient (Wildman–Crippen LogP) is 1.88. The van der Waals surface area contributed by atoms with E-state index in [9.17, 15) is 4.79 Å². The van der Waals surface area contributed by atoms with Crippen LogP contribution in [0.4, 0.5) is 0 Å². The van der Waals surface area contributed by atoms with Gasteiger partial charge in [0.25, 0.3) is 0 Å². The molecule has 3 N–H and O–H groups in total. The Morgan fingerprint density at radius 3 is 2.38 bits per heavy atom. The number of hydrogen-bond donors (Lipinski definition) is 2. The molecular weight excluding hydrogens is 264 g/mol.